The smallest absolute Gasteiger partial charge is 0.253 e. The van der Waals surface area contributed by atoms with E-state index in [0.29, 0.717) is 54.0 Å². The fourth-order valence-corrected chi connectivity index (χ4v) is 4.36. The summed E-state index contributed by atoms with van der Waals surface area (Å²) >= 11 is 6.18. The van der Waals surface area contributed by atoms with Gasteiger partial charge in [0.25, 0.3) is 5.91 Å². The standard InChI is InChI=1S/C21H26ClFN4O2/c22-17-10-16(19-15(18(17)24)2-1-6-25-19)20(28)26-13-21(23)4-7-27(8-5-21)11-14-3-9-29-12-14/h1-2,6,10,14H,3-5,7-9,11-13,24H2,(H,26,28)/t14-/m1/s1. The van der Waals surface area contributed by atoms with Gasteiger partial charge in [0.05, 0.1) is 34.9 Å². The second kappa shape index (κ2) is 8.42. The molecule has 3 heterocycles. The number of nitrogens with one attached hydrogen (secondary N) is 1. The van der Waals surface area contributed by atoms with Crippen LogP contribution in [0.15, 0.2) is 24.4 Å². The first kappa shape index (κ1) is 20.3. The van der Waals surface area contributed by atoms with Crippen molar-refractivity contribution in [2.75, 3.05) is 45.1 Å². The fraction of sp³-hybridized carbons (Fsp3) is 0.524. The molecule has 1 aromatic carbocycles. The van der Waals surface area contributed by atoms with Crippen LogP contribution in [0.1, 0.15) is 29.6 Å². The quantitative estimate of drug-likeness (QED) is 0.727. The van der Waals surface area contributed by atoms with E-state index in [9.17, 15) is 4.79 Å². The zero-order chi connectivity index (χ0) is 20.4. The highest BCUT2D eigenvalue weighted by atomic mass is 35.5. The SMILES string of the molecule is Nc1c(Cl)cc(C(=O)NCC2(F)CCN(C[C@H]3CCOC3)CC2)c2ncccc12. The molecule has 1 atom stereocenters. The third kappa shape index (κ3) is 4.47. The van der Waals surface area contributed by atoms with E-state index >= 15 is 4.39 Å². The third-order valence-electron chi connectivity index (χ3n) is 5.98. The topological polar surface area (TPSA) is 80.5 Å². The van der Waals surface area contributed by atoms with Crippen LogP contribution in [0.4, 0.5) is 10.1 Å². The van der Waals surface area contributed by atoms with Crippen LogP contribution >= 0.6 is 11.6 Å². The van der Waals surface area contributed by atoms with E-state index in [2.05, 4.69) is 15.2 Å². The van der Waals surface area contributed by atoms with E-state index < -0.39 is 11.6 Å². The molecule has 2 aromatic rings. The minimum Gasteiger partial charge on any atom is -0.397 e. The number of fused-ring (bicyclic) bond motifs is 1. The largest absolute Gasteiger partial charge is 0.397 e. The van der Waals surface area contributed by atoms with E-state index in [-0.39, 0.29) is 11.6 Å². The number of anilines is 1. The number of amides is 1. The Morgan fingerprint density at radius 3 is 2.97 bits per heavy atom. The number of halogens is 2. The first-order valence-electron chi connectivity index (χ1n) is 10.1. The summed E-state index contributed by atoms with van der Waals surface area (Å²) in [6.07, 6.45) is 3.48. The van der Waals surface area contributed by atoms with Crippen molar-refractivity contribution in [1.29, 1.82) is 0 Å². The molecular weight excluding hydrogens is 395 g/mol. The van der Waals surface area contributed by atoms with Gasteiger partial charge in [0.1, 0.15) is 5.67 Å². The first-order valence-corrected chi connectivity index (χ1v) is 10.4. The molecule has 0 radical (unpaired) electrons. The minimum atomic E-state index is -1.40. The number of nitrogens with two attached hydrogens (primary N) is 1. The predicted octanol–water partition coefficient (Wildman–Crippen LogP) is 3.04. The van der Waals surface area contributed by atoms with Crippen LogP contribution < -0.4 is 11.1 Å². The first-order chi connectivity index (χ1) is 14.0. The van der Waals surface area contributed by atoms with Gasteiger partial charge < -0.3 is 20.7 Å². The number of nitrogens with zero attached hydrogens (tertiary/aromatic N) is 2. The Kier molecular flexibility index (Phi) is 5.90. The summed E-state index contributed by atoms with van der Waals surface area (Å²) in [6.45, 7) is 3.96. The van der Waals surface area contributed by atoms with Crippen LogP contribution in [0.3, 0.4) is 0 Å². The maximum absolute atomic E-state index is 15.3. The van der Waals surface area contributed by atoms with E-state index in [1.54, 1.807) is 18.3 Å². The van der Waals surface area contributed by atoms with Crippen molar-refractivity contribution >= 4 is 34.1 Å². The summed E-state index contributed by atoms with van der Waals surface area (Å²) in [4.78, 5) is 19.3. The molecule has 1 amide bonds. The fourth-order valence-electron chi connectivity index (χ4n) is 4.15. The number of aromatic nitrogens is 1. The number of rotatable bonds is 5. The average molecular weight is 421 g/mol. The molecule has 0 bridgehead atoms. The van der Waals surface area contributed by atoms with Crippen LogP contribution in [0.25, 0.3) is 10.9 Å². The highest BCUT2D eigenvalue weighted by molar-refractivity contribution is 6.35. The molecule has 3 N–H and O–H groups in total. The van der Waals surface area contributed by atoms with Crippen LogP contribution in [-0.4, -0.2) is 60.9 Å². The van der Waals surface area contributed by atoms with Crippen molar-refractivity contribution in [3.8, 4) is 0 Å². The van der Waals surface area contributed by atoms with Crippen LogP contribution in [0.2, 0.25) is 5.02 Å². The second-order valence-corrected chi connectivity index (χ2v) is 8.49. The predicted molar refractivity (Wildman–Crippen MR) is 112 cm³/mol. The number of piperidine rings is 1. The molecule has 29 heavy (non-hydrogen) atoms. The summed E-state index contributed by atoms with van der Waals surface area (Å²) < 4.78 is 20.7. The van der Waals surface area contributed by atoms with Gasteiger partial charge in [-0.2, -0.15) is 0 Å². The lowest BCUT2D eigenvalue weighted by Crippen LogP contribution is -2.49. The Bertz CT molecular complexity index is 896. The number of hydrogen-bond donors (Lipinski definition) is 2. The Balaban J connectivity index is 1.37. The molecule has 0 aliphatic carbocycles. The number of nitrogen functional groups attached to an aromatic ring is 1. The van der Waals surface area contributed by atoms with Crippen molar-refractivity contribution in [3.05, 3.63) is 35.0 Å². The lowest BCUT2D eigenvalue weighted by molar-refractivity contribution is 0.0476. The van der Waals surface area contributed by atoms with Crippen LogP contribution in [0.5, 0.6) is 0 Å². The van der Waals surface area contributed by atoms with Gasteiger partial charge in [-0.1, -0.05) is 11.6 Å². The van der Waals surface area contributed by atoms with Gasteiger partial charge in [-0.25, -0.2) is 4.39 Å². The van der Waals surface area contributed by atoms with Crippen LogP contribution in [-0.2, 0) is 4.74 Å². The molecule has 0 spiro atoms. The molecule has 2 saturated heterocycles. The summed E-state index contributed by atoms with van der Waals surface area (Å²) in [6, 6.07) is 5.00. The van der Waals surface area contributed by atoms with Crippen LogP contribution in [0, 0.1) is 5.92 Å². The van der Waals surface area contributed by atoms with E-state index in [0.717, 1.165) is 26.2 Å². The number of alkyl halides is 1. The molecule has 0 unspecified atom stereocenters. The van der Waals surface area contributed by atoms with E-state index in [1.807, 2.05) is 0 Å². The van der Waals surface area contributed by atoms with E-state index in [4.69, 9.17) is 22.1 Å². The summed E-state index contributed by atoms with van der Waals surface area (Å²) in [5.74, 6) is 0.163. The molecule has 8 heteroatoms. The molecule has 1 aromatic heterocycles. The molecule has 4 rings (SSSR count). The number of ether oxygens (including phenoxy) is 1. The Morgan fingerprint density at radius 2 is 2.24 bits per heavy atom. The Labute approximate surface area is 174 Å². The molecule has 6 nitrogen and oxygen atoms in total. The lowest BCUT2D eigenvalue weighted by atomic mass is 9.92. The van der Waals surface area contributed by atoms with Crippen molar-refractivity contribution in [2.45, 2.75) is 24.9 Å². The number of carbonyl (C=O) groups excluding carboxylic acids is 1. The number of hydrogen-bond acceptors (Lipinski definition) is 5. The van der Waals surface area contributed by atoms with Gasteiger partial charge in [-0.3, -0.25) is 9.78 Å². The molecule has 2 fully saturated rings. The van der Waals surface area contributed by atoms with Crippen molar-refractivity contribution < 1.29 is 13.9 Å². The number of carbonyl (C=O) groups is 1. The normalized spacial score (nSPS) is 22.1. The van der Waals surface area contributed by atoms with E-state index in [1.165, 1.54) is 6.07 Å². The van der Waals surface area contributed by atoms with Crippen molar-refractivity contribution in [3.63, 3.8) is 0 Å². The van der Waals surface area contributed by atoms with Gasteiger partial charge in [0.15, 0.2) is 0 Å². The maximum Gasteiger partial charge on any atom is 0.253 e. The monoisotopic (exact) mass is 420 g/mol. The minimum absolute atomic E-state index is 0.0253. The highest BCUT2D eigenvalue weighted by Crippen LogP contribution is 2.31. The summed E-state index contributed by atoms with van der Waals surface area (Å²) in [5, 5.41) is 3.65. The zero-order valence-corrected chi connectivity index (χ0v) is 17.1. The van der Waals surface area contributed by atoms with Gasteiger partial charge in [0, 0.05) is 37.8 Å². The number of likely N-dealkylation sites (tertiary alicyclic amines) is 1. The number of benzene rings is 1. The summed E-state index contributed by atoms with van der Waals surface area (Å²) in [5.41, 5.74) is 5.75. The summed E-state index contributed by atoms with van der Waals surface area (Å²) in [7, 11) is 0. The Hall–Kier alpha value is -1.96. The molecule has 0 saturated carbocycles. The van der Waals surface area contributed by atoms with Gasteiger partial charge in [-0.15, -0.1) is 0 Å². The molecule has 2 aliphatic rings. The maximum atomic E-state index is 15.3. The third-order valence-corrected chi connectivity index (χ3v) is 6.30. The van der Waals surface area contributed by atoms with Crippen molar-refractivity contribution in [2.24, 2.45) is 5.92 Å². The molecule has 156 valence electrons. The lowest BCUT2D eigenvalue weighted by Gasteiger charge is -2.37. The molecular formula is C21H26ClFN4O2. The number of pyridine rings is 1. The van der Waals surface area contributed by atoms with Gasteiger partial charge >= 0.3 is 0 Å². The Morgan fingerprint density at radius 1 is 1.45 bits per heavy atom. The second-order valence-electron chi connectivity index (χ2n) is 8.08. The highest BCUT2D eigenvalue weighted by Gasteiger charge is 2.36. The molecule has 2 aliphatic heterocycles. The average Bonchev–Trinajstić information content (AvgIpc) is 3.24. The van der Waals surface area contributed by atoms with Gasteiger partial charge in [-0.05, 0) is 43.4 Å². The van der Waals surface area contributed by atoms with Gasteiger partial charge in [0.2, 0.25) is 0 Å². The zero-order valence-electron chi connectivity index (χ0n) is 16.3. The van der Waals surface area contributed by atoms with Crippen molar-refractivity contribution in [1.82, 2.24) is 15.2 Å².